The minimum absolute atomic E-state index is 0.138. The Bertz CT molecular complexity index is 581. The highest BCUT2D eigenvalue weighted by Gasteiger charge is 2.12. The predicted molar refractivity (Wildman–Crippen MR) is 73.2 cm³/mol. The molecule has 1 atom stereocenters. The molecule has 0 saturated heterocycles. The zero-order valence-corrected chi connectivity index (χ0v) is 11.9. The molecule has 0 amide bonds. The third-order valence-corrected chi connectivity index (χ3v) is 4.18. The topological polar surface area (TPSA) is 24.9 Å². The molecule has 0 bridgehead atoms. The zero-order valence-electron chi connectivity index (χ0n) is 11.1. The van der Waals surface area contributed by atoms with Gasteiger partial charge in [-0.2, -0.15) is 0 Å². The lowest BCUT2D eigenvalue weighted by Gasteiger charge is -2.13. The number of nitrogens with zero attached hydrogens (tertiary/aromatic N) is 1. The smallest absolute Gasteiger partial charge is 0.159 e. The maximum Gasteiger partial charge on any atom is 0.159 e. The highest BCUT2D eigenvalue weighted by Crippen LogP contribution is 2.24. The number of nitrogens with one attached hydrogen (secondary N) is 1. The van der Waals surface area contributed by atoms with Crippen molar-refractivity contribution >= 4 is 11.3 Å². The second-order valence-corrected chi connectivity index (χ2v) is 5.77. The molecule has 1 heterocycles. The van der Waals surface area contributed by atoms with Crippen LogP contribution >= 0.6 is 11.3 Å². The van der Waals surface area contributed by atoms with Gasteiger partial charge in [0.25, 0.3) is 0 Å². The number of hydrogen-bond donors (Lipinski definition) is 1. The molecule has 2 rings (SSSR count). The van der Waals surface area contributed by atoms with E-state index in [1.165, 1.54) is 10.9 Å². The number of benzene rings is 1. The molecule has 2 aromatic rings. The molecule has 5 heteroatoms. The largest absolute Gasteiger partial charge is 0.305 e. The molecule has 1 N–H and O–H groups in total. The van der Waals surface area contributed by atoms with Gasteiger partial charge in [0.05, 0.1) is 10.7 Å². The Balaban J connectivity index is 2.02. The molecule has 0 aliphatic rings. The third-order valence-electron chi connectivity index (χ3n) is 2.93. The van der Waals surface area contributed by atoms with Gasteiger partial charge in [0.1, 0.15) is 0 Å². The summed E-state index contributed by atoms with van der Waals surface area (Å²) in [5.74, 6) is -1.62. The summed E-state index contributed by atoms with van der Waals surface area (Å²) in [7, 11) is 0. The molecule has 2 nitrogen and oxygen atoms in total. The maximum atomic E-state index is 13.1. The van der Waals surface area contributed by atoms with Gasteiger partial charge in [-0.15, -0.1) is 11.3 Å². The van der Waals surface area contributed by atoms with Crippen molar-refractivity contribution in [3.05, 3.63) is 51.0 Å². The van der Waals surface area contributed by atoms with Crippen molar-refractivity contribution in [1.29, 1.82) is 0 Å². The predicted octanol–water partition coefficient (Wildman–Crippen LogP) is 3.89. The summed E-state index contributed by atoms with van der Waals surface area (Å²) in [5, 5.41) is 4.33. The second kappa shape index (κ2) is 5.75. The van der Waals surface area contributed by atoms with Crippen LogP contribution in [0.15, 0.2) is 18.2 Å². The van der Waals surface area contributed by atoms with Crippen molar-refractivity contribution in [1.82, 2.24) is 10.3 Å². The van der Waals surface area contributed by atoms with Crippen LogP contribution < -0.4 is 5.32 Å². The van der Waals surface area contributed by atoms with E-state index < -0.39 is 11.6 Å². The van der Waals surface area contributed by atoms with Gasteiger partial charge < -0.3 is 5.32 Å². The normalized spacial score (nSPS) is 12.7. The first kappa shape index (κ1) is 14.1. The van der Waals surface area contributed by atoms with Crippen LogP contribution in [0.25, 0.3) is 0 Å². The van der Waals surface area contributed by atoms with Crippen LogP contribution in [0, 0.1) is 25.5 Å². The molecule has 0 radical (unpaired) electrons. The lowest BCUT2D eigenvalue weighted by atomic mass is 10.2. The van der Waals surface area contributed by atoms with Crippen molar-refractivity contribution in [3.63, 3.8) is 0 Å². The van der Waals surface area contributed by atoms with E-state index in [9.17, 15) is 8.78 Å². The molecule has 0 aliphatic carbocycles. The summed E-state index contributed by atoms with van der Waals surface area (Å²) in [5.41, 5.74) is 1.75. The average molecular weight is 282 g/mol. The minimum Gasteiger partial charge on any atom is -0.305 e. The van der Waals surface area contributed by atoms with E-state index in [0.717, 1.165) is 22.3 Å². The number of aryl methyl sites for hydroxylation is 2. The standard InChI is InChI=1S/C14H16F2N2S/c1-8(14-9(2)18-10(3)19-14)17-7-11-4-5-12(15)13(16)6-11/h4-6,8,17H,7H2,1-3H3. The van der Waals surface area contributed by atoms with E-state index >= 15 is 0 Å². The molecule has 0 fully saturated rings. The first-order valence-corrected chi connectivity index (χ1v) is 6.90. The fourth-order valence-corrected chi connectivity index (χ4v) is 2.92. The molecule has 19 heavy (non-hydrogen) atoms. The fourth-order valence-electron chi connectivity index (χ4n) is 1.96. The van der Waals surface area contributed by atoms with Gasteiger partial charge in [-0.05, 0) is 38.5 Å². The van der Waals surface area contributed by atoms with Crippen LogP contribution in [0.2, 0.25) is 0 Å². The molecule has 102 valence electrons. The first-order valence-electron chi connectivity index (χ1n) is 6.08. The van der Waals surface area contributed by atoms with Gasteiger partial charge in [-0.3, -0.25) is 0 Å². The Hall–Kier alpha value is -1.33. The SMILES string of the molecule is Cc1nc(C)c(C(C)NCc2ccc(F)c(F)c2)s1. The van der Waals surface area contributed by atoms with Crippen molar-refractivity contribution in [3.8, 4) is 0 Å². The minimum atomic E-state index is -0.814. The second-order valence-electron chi connectivity index (χ2n) is 4.53. The molecule has 1 unspecified atom stereocenters. The Morgan fingerprint density at radius 1 is 1.26 bits per heavy atom. The van der Waals surface area contributed by atoms with Gasteiger partial charge in [-0.25, -0.2) is 13.8 Å². The van der Waals surface area contributed by atoms with E-state index in [1.807, 2.05) is 20.8 Å². The molecular weight excluding hydrogens is 266 g/mol. The van der Waals surface area contributed by atoms with Gasteiger partial charge in [-0.1, -0.05) is 6.07 Å². The first-order chi connectivity index (χ1) is 8.97. The van der Waals surface area contributed by atoms with Crippen LogP contribution in [-0.2, 0) is 6.54 Å². The number of hydrogen-bond acceptors (Lipinski definition) is 3. The summed E-state index contributed by atoms with van der Waals surface area (Å²) in [6, 6.07) is 4.10. The summed E-state index contributed by atoms with van der Waals surface area (Å²) >= 11 is 1.66. The quantitative estimate of drug-likeness (QED) is 0.920. The van der Waals surface area contributed by atoms with Crippen molar-refractivity contribution < 1.29 is 8.78 Å². The van der Waals surface area contributed by atoms with Crippen LogP contribution in [0.4, 0.5) is 8.78 Å². The Labute approximate surface area is 115 Å². The molecule has 1 aromatic heterocycles. The average Bonchev–Trinajstić information content (AvgIpc) is 2.70. The van der Waals surface area contributed by atoms with E-state index in [0.29, 0.717) is 6.54 Å². The van der Waals surface area contributed by atoms with Crippen LogP contribution in [-0.4, -0.2) is 4.98 Å². The zero-order chi connectivity index (χ0) is 14.0. The Morgan fingerprint density at radius 3 is 2.58 bits per heavy atom. The lowest BCUT2D eigenvalue weighted by molar-refractivity contribution is 0.504. The highest BCUT2D eigenvalue weighted by atomic mass is 32.1. The van der Waals surface area contributed by atoms with Gasteiger partial charge in [0.2, 0.25) is 0 Å². The van der Waals surface area contributed by atoms with Crippen LogP contribution in [0.3, 0.4) is 0 Å². The lowest BCUT2D eigenvalue weighted by Crippen LogP contribution is -2.18. The number of halogens is 2. The fraction of sp³-hybridized carbons (Fsp3) is 0.357. The number of thiazole rings is 1. The van der Waals surface area contributed by atoms with Crippen molar-refractivity contribution in [2.75, 3.05) is 0 Å². The third kappa shape index (κ3) is 3.36. The molecule has 1 aromatic carbocycles. The molecule has 0 aliphatic heterocycles. The Morgan fingerprint density at radius 2 is 2.00 bits per heavy atom. The number of rotatable bonds is 4. The molecule has 0 saturated carbocycles. The highest BCUT2D eigenvalue weighted by molar-refractivity contribution is 7.11. The number of aromatic nitrogens is 1. The van der Waals surface area contributed by atoms with Gasteiger partial charge >= 0.3 is 0 Å². The van der Waals surface area contributed by atoms with Gasteiger partial charge in [0, 0.05) is 17.5 Å². The van der Waals surface area contributed by atoms with E-state index in [1.54, 1.807) is 17.4 Å². The van der Waals surface area contributed by atoms with Crippen molar-refractivity contribution in [2.24, 2.45) is 0 Å². The Kier molecular flexibility index (Phi) is 4.27. The van der Waals surface area contributed by atoms with Crippen LogP contribution in [0.1, 0.15) is 34.1 Å². The van der Waals surface area contributed by atoms with Gasteiger partial charge in [0.15, 0.2) is 11.6 Å². The summed E-state index contributed by atoms with van der Waals surface area (Å²) in [6.07, 6.45) is 0. The van der Waals surface area contributed by atoms with Crippen LogP contribution in [0.5, 0.6) is 0 Å². The van der Waals surface area contributed by atoms with E-state index in [2.05, 4.69) is 10.3 Å². The molecular formula is C14H16F2N2S. The maximum absolute atomic E-state index is 13.1. The van der Waals surface area contributed by atoms with Crippen molar-refractivity contribution in [2.45, 2.75) is 33.4 Å². The summed E-state index contributed by atoms with van der Waals surface area (Å²) in [6.45, 7) is 6.49. The van der Waals surface area contributed by atoms with E-state index in [-0.39, 0.29) is 6.04 Å². The van der Waals surface area contributed by atoms with E-state index in [4.69, 9.17) is 0 Å². The monoisotopic (exact) mass is 282 g/mol. The summed E-state index contributed by atoms with van der Waals surface area (Å²) < 4.78 is 25.9. The molecule has 0 spiro atoms. The summed E-state index contributed by atoms with van der Waals surface area (Å²) in [4.78, 5) is 5.56.